The highest BCUT2D eigenvalue weighted by Gasteiger charge is 2.03. The Bertz CT molecular complexity index is 287. The quantitative estimate of drug-likeness (QED) is 0.597. The van der Waals surface area contributed by atoms with Crippen molar-refractivity contribution in [2.75, 3.05) is 11.9 Å². The van der Waals surface area contributed by atoms with Gasteiger partial charge in [-0.3, -0.25) is 10.1 Å². The summed E-state index contributed by atoms with van der Waals surface area (Å²) >= 11 is 0. The average molecular weight is 196 g/mol. The van der Waals surface area contributed by atoms with Gasteiger partial charge in [-0.2, -0.15) is 0 Å². The van der Waals surface area contributed by atoms with Crippen LogP contribution in [0.15, 0.2) is 24.3 Å². The third-order valence-electron chi connectivity index (χ3n) is 1.44. The summed E-state index contributed by atoms with van der Waals surface area (Å²) in [5.41, 5.74) is 0.903. The number of non-ortho nitro benzene ring substituents is 1. The molecule has 1 aromatic rings. The minimum absolute atomic E-state index is 0.119. The molecule has 0 aliphatic carbocycles. The van der Waals surface area contributed by atoms with Gasteiger partial charge < -0.3 is 5.32 Å². The third-order valence-corrected chi connectivity index (χ3v) is 1.44. The fraction of sp³-hybridized carbons (Fsp3) is 0.400. The number of nitrogens with one attached hydrogen (secondary N) is 1. The smallest absolute Gasteiger partial charge is 0.271 e. The number of rotatable bonds is 3. The number of nitrogens with zero attached hydrogens (tertiary/aromatic N) is 1. The zero-order valence-electron chi connectivity index (χ0n) is 8.78. The second-order valence-electron chi connectivity index (χ2n) is 2.34. The lowest BCUT2D eigenvalue weighted by Crippen LogP contribution is -1.96. The van der Waals surface area contributed by atoms with Gasteiger partial charge in [-0.05, 0) is 13.0 Å². The molecule has 0 fully saturated rings. The standard InChI is InChI=1S/C8H10N2O2.C2H6/c1-2-9-7-4-3-5-8(6-7)10(11)12;1-2/h3-6,9H,2H2,1H3;1-2H3. The van der Waals surface area contributed by atoms with Crippen LogP contribution in [0, 0.1) is 10.1 Å². The molecular weight excluding hydrogens is 180 g/mol. The third kappa shape index (κ3) is 3.89. The van der Waals surface area contributed by atoms with Gasteiger partial charge in [0.25, 0.3) is 5.69 Å². The molecule has 1 aromatic carbocycles. The van der Waals surface area contributed by atoms with E-state index in [9.17, 15) is 10.1 Å². The van der Waals surface area contributed by atoms with Crippen LogP contribution in [0.2, 0.25) is 0 Å². The fourth-order valence-electron chi connectivity index (χ4n) is 0.934. The largest absolute Gasteiger partial charge is 0.385 e. The first-order chi connectivity index (χ1) is 6.74. The van der Waals surface area contributed by atoms with Crippen molar-refractivity contribution in [3.63, 3.8) is 0 Å². The highest BCUT2D eigenvalue weighted by Crippen LogP contribution is 2.16. The summed E-state index contributed by atoms with van der Waals surface area (Å²) in [5.74, 6) is 0. The maximum Gasteiger partial charge on any atom is 0.271 e. The Morgan fingerprint density at radius 2 is 2.07 bits per heavy atom. The molecule has 0 spiro atoms. The molecule has 4 heteroatoms. The van der Waals surface area contributed by atoms with Crippen molar-refractivity contribution in [1.29, 1.82) is 0 Å². The summed E-state index contributed by atoms with van der Waals surface area (Å²) in [5, 5.41) is 13.3. The summed E-state index contributed by atoms with van der Waals surface area (Å²) < 4.78 is 0. The summed E-state index contributed by atoms with van der Waals surface area (Å²) in [6.07, 6.45) is 0. The van der Waals surface area contributed by atoms with E-state index in [2.05, 4.69) is 5.32 Å². The van der Waals surface area contributed by atoms with Crippen LogP contribution in [0.1, 0.15) is 20.8 Å². The van der Waals surface area contributed by atoms with Crippen molar-refractivity contribution in [2.45, 2.75) is 20.8 Å². The minimum Gasteiger partial charge on any atom is -0.385 e. The van der Waals surface area contributed by atoms with Crippen LogP contribution in [-0.2, 0) is 0 Å². The van der Waals surface area contributed by atoms with Gasteiger partial charge >= 0.3 is 0 Å². The van der Waals surface area contributed by atoms with Crippen LogP contribution in [0.4, 0.5) is 11.4 Å². The summed E-state index contributed by atoms with van der Waals surface area (Å²) in [6.45, 7) is 6.71. The predicted octanol–water partition coefficient (Wildman–Crippen LogP) is 3.05. The lowest BCUT2D eigenvalue weighted by Gasteiger charge is -2.00. The van der Waals surface area contributed by atoms with Crippen molar-refractivity contribution in [3.8, 4) is 0 Å². The zero-order valence-corrected chi connectivity index (χ0v) is 8.78. The van der Waals surface area contributed by atoms with Gasteiger partial charge in [0.2, 0.25) is 0 Å². The van der Waals surface area contributed by atoms with Gasteiger partial charge in [-0.1, -0.05) is 19.9 Å². The van der Waals surface area contributed by atoms with Crippen LogP contribution in [0.25, 0.3) is 0 Å². The number of nitro benzene ring substituents is 1. The molecule has 0 atom stereocenters. The lowest BCUT2D eigenvalue weighted by molar-refractivity contribution is -0.384. The summed E-state index contributed by atoms with van der Waals surface area (Å²) in [4.78, 5) is 9.93. The predicted molar refractivity (Wildman–Crippen MR) is 58.6 cm³/mol. The molecule has 78 valence electrons. The van der Waals surface area contributed by atoms with Crippen LogP contribution >= 0.6 is 0 Å². The molecular formula is C10H16N2O2. The number of benzene rings is 1. The van der Waals surface area contributed by atoms with E-state index in [1.165, 1.54) is 12.1 Å². The van der Waals surface area contributed by atoms with Crippen LogP contribution in [-0.4, -0.2) is 11.5 Å². The Hall–Kier alpha value is -1.58. The Kier molecular flexibility index (Phi) is 6.11. The number of nitro groups is 1. The Balaban J connectivity index is 0.000000791. The molecule has 0 aromatic heterocycles. The molecule has 0 bridgehead atoms. The fourth-order valence-corrected chi connectivity index (χ4v) is 0.934. The molecule has 1 N–H and O–H groups in total. The van der Waals surface area contributed by atoms with Crippen molar-refractivity contribution in [1.82, 2.24) is 0 Å². The maximum absolute atomic E-state index is 10.3. The topological polar surface area (TPSA) is 55.2 Å². The molecule has 0 unspecified atom stereocenters. The van der Waals surface area contributed by atoms with Gasteiger partial charge in [0.1, 0.15) is 0 Å². The van der Waals surface area contributed by atoms with Gasteiger partial charge in [-0.25, -0.2) is 0 Å². The number of hydrogen-bond donors (Lipinski definition) is 1. The first-order valence-corrected chi connectivity index (χ1v) is 4.72. The summed E-state index contributed by atoms with van der Waals surface area (Å²) in [7, 11) is 0. The normalized spacial score (nSPS) is 8.50. The molecule has 14 heavy (non-hydrogen) atoms. The van der Waals surface area contributed by atoms with Gasteiger partial charge in [0, 0.05) is 24.4 Å². The Morgan fingerprint density at radius 3 is 2.57 bits per heavy atom. The van der Waals surface area contributed by atoms with E-state index in [-0.39, 0.29) is 5.69 Å². The van der Waals surface area contributed by atoms with Gasteiger partial charge in [0.05, 0.1) is 4.92 Å². The highest BCUT2D eigenvalue weighted by atomic mass is 16.6. The van der Waals surface area contributed by atoms with E-state index in [0.717, 1.165) is 12.2 Å². The molecule has 0 heterocycles. The highest BCUT2D eigenvalue weighted by molar-refractivity contribution is 5.50. The number of hydrogen-bond acceptors (Lipinski definition) is 3. The van der Waals surface area contributed by atoms with Crippen molar-refractivity contribution >= 4 is 11.4 Å². The molecule has 0 saturated carbocycles. The van der Waals surface area contributed by atoms with Crippen LogP contribution in [0.5, 0.6) is 0 Å². The van der Waals surface area contributed by atoms with Crippen molar-refractivity contribution < 1.29 is 4.92 Å². The lowest BCUT2D eigenvalue weighted by atomic mass is 10.3. The van der Waals surface area contributed by atoms with Crippen LogP contribution in [0.3, 0.4) is 0 Å². The zero-order chi connectivity index (χ0) is 11.0. The summed E-state index contributed by atoms with van der Waals surface area (Å²) in [6, 6.07) is 6.46. The molecule has 0 amide bonds. The first kappa shape index (κ1) is 12.4. The van der Waals surface area contributed by atoms with E-state index in [1.807, 2.05) is 20.8 Å². The van der Waals surface area contributed by atoms with E-state index in [1.54, 1.807) is 12.1 Å². The SMILES string of the molecule is CC.CCNc1cccc([N+](=O)[O-])c1. The second kappa shape index (κ2) is 6.88. The molecule has 0 aliphatic heterocycles. The monoisotopic (exact) mass is 196 g/mol. The Morgan fingerprint density at radius 1 is 1.43 bits per heavy atom. The number of anilines is 1. The average Bonchev–Trinajstić information content (AvgIpc) is 2.22. The minimum atomic E-state index is -0.402. The molecule has 0 aliphatic rings. The molecule has 0 saturated heterocycles. The van der Waals surface area contributed by atoms with E-state index in [0.29, 0.717) is 0 Å². The second-order valence-corrected chi connectivity index (χ2v) is 2.34. The first-order valence-electron chi connectivity index (χ1n) is 4.72. The van der Waals surface area contributed by atoms with Crippen molar-refractivity contribution in [2.24, 2.45) is 0 Å². The van der Waals surface area contributed by atoms with E-state index in [4.69, 9.17) is 0 Å². The molecule has 4 nitrogen and oxygen atoms in total. The Labute approximate surface area is 84.1 Å². The van der Waals surface area contributed by atoms with E-state index >= 15 is 0 Å². The van der Waals surface area contributed by atoms with Crippen LogP contribution < -0.4 is 5.32 Å². The van der Waals surface area contributed by atoms with Crippen molar-refractivity contribution in [3.05, 3.63) is 34.4 Å². The van der Waals surface area contributed by atoms with Gasteiger partial charge in [0.15, 0.2) is 0 Å². The molecule has 0 radical (unpaired) electrons. The maximum atomic E-state index is 10.3. The molecule has 1 rings (SSSR count). The van der Waals surface area contributed by atoms with Gasteiger partial charge in [-0.15, -0.1) is 0 Å². The van der Waals surface area contributed by atoms with E-state index < -0.39 is 4.92 Å².